The molecule has 0 radical (unpaired) electrons. The minimum Gasteiger partial charge on any atom is -0.425 e. The number of rotatable bonds is 0. The van der Waals surface area contributed by atoms with Gasteiger partial charge in [-0.15, -0.1) is 9.46 Å². The van der Waals surface area contributed by atoms with Crippen molar-refractivity contribution in [2.75, 3.05) is 0 Å². The molecule has 1 rings (SSSR count). The predicted molar refractivity (Wildman–Crippen MR) is 29.3 cm³/mol. The number of hydrogen-bond acceptors (Lipinski definition) is 4. The van der Waals surface area contributed by atoms with Gasteiger partial charge >= 0.3 is 11.1 Å². The average Bonchev–Trinajstić information content (AvgIpc) is 1.93. The van der Waals surface area contributed by atoms with Crippen LogP contribution in [0.25, 0.3) is 0 Å². The molecule has 0 atom stereocenters. The molecule has 0 amide bonds. The van der Waals surface area contributed by atoms with Gasteiger partial charge in [-0.3, -0.25) is 9.59 Å². The normalized spacial score (nSPS) is 9.60. The van der Waals surface area contributed by atoms with Crippen LogP contribution in [0.1, 0.15) is 0 Å². The Kier molecular flexibility index (Phi) is 1.22. The molecule has 1 heterocycles. The Labute approximate surface area is 54.1 Å². The second kappa shape index (κ2) is 1.90. The number of nitrogens with zero attached hydrogens (tertiary/aromatic N) is 2. The first kappa shape index (κ1) is 6.40. The predicted octanol–water partition coefficient (Wildman–Crippen LogP) is -1.52. The van der Waals surface area contributed by atoms with E-state index in [4.69, 9.17) is 10.4 Å². The maximum absolute atomic E-state index is 10.4. The van der Waals surface area contributed by atoms with Gasteiger partial charge in [0.25, 0.3) is 0 Å². The number of aromatic nitrogens is 2. The Morgan fingerprint density at radius 1 is 1.00 bits per heavy atom. The Morgan fingerprint density at radius 3 is 1.60 bits per heavy atom. The summed E-state index contributed by atoms with van der Waals surface area (Å²) >= 11 is 0. The van der Waals surface area contributed by atoms with E-state index in [9.17, 15) is 9.59 Å². The SMILES string of the molecule is O=c1c(=O)n(O)ccn1O. The molecule has 6 heteroatoms. The zero-order chi connectivity index (χ0) is 7.72. The van der Waals surface area contributed by atoms with Crippen molar-refractivity contribution in [3.8, 4) is 0 Å². The summed E-state index contributed by atoms with van der Waals surface area (Å²) in [6.07, 6.45) is 1.70. The van der Waals surface area contributed by atoms with Gasteiger partial charge in [-0.1, -0.05) is 0 Å². The highest BCUT2D eigenvalue weighted by Crippen LogP contribution is 1.67. The standard InChI is InChI=1S/C4H4N2O4/c7-3-4(8)6(10)2-1-5(3)9/h1-2,9-10H. The highest BCUT2D eigenvalue weighted by atomic mass is 16.5. The Hall–Kier alpha value is -1.72. The van der Waals surface area contributed by atoms with Gasteiger partial charge in [0.1, 0.15) is 0 Å². The summed E-state index contributed by atoms with van der Waals surface area (Å²) in [5.41, 5.74) is -2.38. The van der Waals surface area contributed by atoms with Crippen molar-refractivity contribution >= 4 is 0 Å². The van der Waals surface area contributed by atoms with E-state index in [1.807, 2.05) is 0 Å². The van der Waals surface area contributed by atoms with Crippen molar-refractivity contribution in [1.82, 2.24) is 9.46 Å². The second-order valence-corrected chi connectivity index (χ2v) is 1.60. The van der Waals surface area contributed by atoms with Gasteiger partial charge < -0.3 is 10.4 Å². The van der Waals surface area contributed by atoms with Crippen LogP contribution in [-0.2, 0) is 0 Å². The third-order valence-electron chi connectivity index (χ3n) is 0.948. The molecule has 2 N–H and O–H groups in total. The van der Waals surface area contributed by atoms with Gasteiger partial charge in [-0.25, -0.2) is 0 Å². The maximum atomic E-state index is 10.4. The molecule has 0 saturated carbocycles. The molecule has 0 aliphatic rings. The van der Waals surface area contributed by atoms with Gasteiger partial charge in [-0.05, 0) is 0 Å². The smallest absolute Gasteiger partial charge is 0.351 e. The molecule has 0 bridgehead atoms. The lowest BCUT2D eigenvalue weighted by Crippen LogP contribution is -2.38. The third kappa shape index (κ3) is 0.750. The van der Waals surface area contributed by atoms with Gasteiger partial charge in [0.15, 0.2) is 0 Å². The van der Waals surface area contributed by atoms with Crippen LogP contribution >= 0.6 is 0 Å². The monoisotopic (exact) mass is 144 g/mol. The van der Waals surface area contributed by atoms with Crippen molar-refractivity contribution in [3.63, 3.8) is 0 Å². The van der Waals surface area contributed by atoms with E-state index in [0.29, 0.717) is 0 Å². The van der Waals surface area contributed by atoms with E-state index in [1.165, 1.54) is 0 Å². The van der Waals surface area contributed by atoms with Crippen LogP contribution in [0, 0.1) is 0 Å². The van der Waals surface area contributed by atoms with E-state index in [0.717, 1.165) is 12.4 Å². The summed E-state index contributed by atoms with van der Waals surface area (Å²) in [6, 6.07) is 0. The lowest BCUT2D eigenvalue weighted by Gasteiger charge is -1.94. The highest BCUT2D eigenvalue weighted by Gasteiger charge is 1.99. The van der Waals surface area contributed by atoms with E-state index < -0.39 is 11.1 Å². The fourth-order valence-corrected chi connectivity index (χ4v) is 0.458. The van der Waals surface area contributed by atoms with E-state index in [2.05, 4.69) is 0 Å². The molecule has 54 valence electrons. The molecule has 0 unspecified atom stereocenters. The summed E-state index contributed by atoms with van der Waals surface area (Å²) in [5, 5.41) is 17.0. The molecular weight excluding hydrogens is 140 g/mol. The molecule has 0 aromatic carbocycles. The van der Waals surface area contributed by atoms with Gasteiger partial charge in [0.05, 0.1) is 12.4 Å². The molecule has 6 nitrogen and oxygen atoms in total. The molecular formula is C4H4N2O4. The molecule has 0 saturated heterocycles. The van der Waals surface area contributed by atoms with Crippen LogP contribution in [0.4, 0.5) is 0 Å². The summed E-state index contributed by atoms with van der Waals surface area (Å²) in [5.74, 6) is 0. The van der Waals surface area contributed by atoms with Gasteiger partial charge in [0, 0.05) is 0 Å². The van der Waals surface area contributed by atoms with Gasteiger partial charge in [-0.2, -0.15) is 0 Å². The van der Waals surface area contributed by atoms with Crippen LogP contribution in [-0.4, -0.2) is 19.9 Å². The van der Waals surface area contributed by atoms with E-state index >= 15 is 0 Å². The van der Waals surface area contributed by atoms with Crippen LogP contribution in [0.15, 0.2) is 22.0 Å². The highest BCUT2D eigenvalue weighted by molar-refractivity contribution is 4.79. The summed E-state index contributed by atoms with van der Waals surface area (Å²) in [7, 11) is 0. The molecule has 1 aromatic rings. The third-order valence-corrected chi connectivity index (χ3v) is 0.948. The Morgan fingerprint density at radius 2 is 1.30 bits per heavy atom. The van der Waals surface area contributed by atoms with Crippen molar-refractivity contribution in [2.24, 2.45) is 0 Å². The first-order valence-corrected chi connectivity index (χ1v) is 2.36. The summed E-state index contributed by atoms with van der Waals surface area (Å²) < 4.78 is 0.185. The van der Waals surface area contributed by atoms with Crippen molar-refractivity contribution in [1.29, 1.82) is 0 Å². The van der Waals surface area contributed by atoms with E-state index in [1.54, 1.807) is 0 Å². The molecule has 0 spiro atoms. The lowest BCUT2D eigenvalue weighted by molar-refractivity contribution is 0.137. The van der Waals surface area contributed by atoms with Crippen molar-refractivity contribution < 1.29 is 10.4 Å². The minimum atomic E-state index is -1.19. The average molecular weight is 144 g/mol. The first-order valence-electron chi connectivity index (χ1n) is 2.36. The van der Waals surface area contributed by atoms with Crippen molar-refractivity contribution in [3.05, 3.63) is 33.1 Å². The molecule has 0 fully saturated rings. The van der Waals surface area contributed by atoms with E-state index in [-0.39, 0.29) is 9.46 Å². The zero-order valence-corrected chi connectivity index (χ0v) is 4.76. The summed E-state index contributed by atoms with van der Waals surface area (Å²) in [6.45, 7) is 0. The van der Waals surface area contributed by atoms with Crippen molar-refractivity contribution in [2.45, 2.75) is 0 Å². The molecule has 0 aliphatic carbocycles. The zero-order valence-electron chi connectivity index (χ0n) is 4.76. The van der Waals surface area contributed by atoms with Crippen LogP contribution in [0.2, 0.25) is 0 Å². The van der Waals surface area contributed by atoms with Gasteiger partial charge in [0.2, 0.25) is 0 Å². The topological polar surface area (TPSA) is 84.5 Å². The quantitative estimate of drug-likeness (QED) is 0.342. The molecule has 1 aromatic heterocycles. The fourth-order valence-electron chi connectivity index (χ4n) is 0.458. The molecule has 10 heavy (non-hydrogen) atoms. The fraction of sp³-hybridized carbons (Fsp3) is 0. The minimum absolute atomic E-state index is 0.0923. The second-order valence-electron chi connectivity index (χ2n) is 1.60. The van der Waals surface area contributed by atoms with Crippen LogP contribution < -0.4 is 11.1 Å². The summed E-state index contributed by atoms with van der Waals surface area (Å²) in [4.78, 5) is 20.8. The first-order chi connectivity index (χ1) is 4.63. The largest absolute Gasteiger partial charge is 0.425 e. The maximum Gasteiger partial charge on any atom is 0.351 e. The van der Waals surface area contributed by atoms with Crippen LogP contribution in [0.3, 0.4) is 0 Å². The molecule has 0 aliphatic heterocycles. The number of hydrogen-bond donors (Lipinski definition) is 2. The van der Waals surface area contributed by atoms with Crippen LogP contribution in [0.5, 0.6) is 0 Å². The Bertz CT molecular complexity index is 314. The lowest BCUT2D eigenvalue weighted by atomic mass is 10.7. The Balaban J connectivity index is 3.67.